The van der Waals surface area contributed by atoms with Gasteiger partial charge >= 0.3 is 0 Å². The third-order valence-corrected chi connectivity index (χ3v) is 33.7. The molecule has 694 valence electrons. The molecular weight excluding hydrogens is 1800 g/mol. The van der Waals surface area contributed by atoms with Gasteiger partial charge in [-0.15, -0.1) is 0 Å². The highest BCUT2D eigenvalue weighted by Crippen LogP contribution is 2.66. The number of rotatable bonds is 14. The third-order valence-electron chi connectivity index (χ3n) is 33.7. The summed E-state index contributed by atoms with van der Waals surface area (Å²) in [5.41, 5.74) is 51.5. The van der Waals surface area contributed by atoms with E-state index < -0.39 is 16.2 Å². The van der Waals surface area contributed by atoms with Gasteiger partial charge in [0.15, 0.2) is 0 Å². The fourth-order valence-electron chi connectivity index (χ4n) is 27.2. The molecule has 0 saturated carbocycles. The molecule has 2 spiro atoms. The summed E-state index contributed by atoms with van der Waals surface area (Å²) in [5.74, 6) is 0. The molecule has 2 unspecified atom stereocenters. The molecule has 4 nitrogen and oxygen atoms in total. The van der Waals surface area contributed by atoms with Crippen LogP contribution in [-0.2, 0) is 16.2 Å². The Morgan fingerprint density at radius 3 is 0.993 bits per heavy atom. The van der Waals surface area contributed by atoms with Gasteiger partial charge in [-0.1, -0.05) is 451 Å². The number of anilines is 6. The molecular formula is C145H94N4. The van der Waals surface area contributed by atoms with E-state index in [-0.39, 0.29) is 0 Å². The lowest BCUT2D eigenvalue weighted by atomic mass is 9.65. The number of aromatic nitrogens is 2. The Hall–Kier alpha value is -19.0. The Bertz CT molecular complexity index is 10100. The van der Waals surface area contributed by atoms with Crippen LogP contribution in [0, 0.1) is 0 Å². The number of hydrogen-bond acceptors (Lipinski definition) is 2. The summed E-state index contributed by atoms with van der Waals surface area (Å²) in [7, 11) is 0. The fraction of sp³-hybridized carbons (Fsp3) is 0.0345. The third kappa shape index (κ3) is 12.2. The Morgan fingerprint density at radius 2 is 0.470 bits per heavy atom. The van der Waals surface area contributed by atoms with Crippen LogP contribution < -0.4 is 9.80 Å². The number of para-hydroxylation sites is 7. The minimum Gasteiger partial charge on any atom is -0.309 e. The van der Waals surface area contributed by atoms with Gasteiger partial charge in [0.05, 0.1) is 67.0 Å². The second-order valence-corrected chi connectivity index (χ2v) is 41.4. The van der Waals surface area contributed by atoms with Gasteiger partial charge in [0.25, 0.3) is 0 Å². The first-order valence-corrected chi connectivity index (χ1v) is 52.1. The molecule has 2 aromatic heterocycles. The van der Waals surface area contributed by atoms with Crippen LogP contribution in [0.25, 0.3) is 199 Å². The van der Waals surface area contributed by atoms with Gasteiger partial charge in [0.1, 0.15) is 0 Å². The van der Waals surface area contributed by atoms with Crippen molar-refractivity contribution in [2.45, 2.75) is 30.1 Å². The minimum absolute atomic E-state index is 0.412. The summed E-state index contributed by atoms with van der Waals surface area (Å²) in [6, 6.07) is 202. The van der Waals surface area contributed by atoms with Crippen molar-refractivity contribution in [1.29, 1.82) is 0 Å². The molecule has 31 rings (SSSR count). The Morgan fingerprint density at radius 1 is 0.154 bits per heavy atom. The molecule has 0 radical (unpaired) electrons. The highest BCUT2D eigenvalue weighted by Gasteiger charge is 2.54. The summed E-state index contributed by atoms with van der Waals surface area (Å²) < 4.78 is 5.14. The zero-order valence-corrected chi connectivity index (χ0v) is 82.1. The number of hydrogen-bond donors (Lipinski definition) is 0. The standard InChI is InChI=1S/C145H94N4/c1-143(2)129-87-100(71-76-113(129)114-79-75-104(90-130(114)143)147(134-59-26-19-42-108(134)97-69-65-95(66-70-97)92-35-8-4-9-36-92)137-84-81-106(110-44-13-15-48-118(110)137)101-72-77-115-111-45-16-21-52-123(111)144(131(115)88-101)125-54-23-28-61-139(125)148-135-60-27-20-49-119(135)120-50-31-56-127(144)141(120)148)99-74-82-138-122(86-99)121-51-32-57-128-142(121)149(138)140-62-29-24-55-126(140)145(128)124-53-22-17-46-112(124)116-78-73-102(89-132(116)145)105-80-83-136(117-47-14-12-43-109(105)117)146(103-40-30-39-98(85-103)93-37-10-5-11-38-93)133-58-25-18-41-107(133)96-67-63-94(64-68-96)91-33-6-3-7-34-91/h3-90H,1-2H3. The van der Waals surface area contributed by atoms with Crippen molar-refractivity contribution in [3.05, 3.63) is 589 Å². The lowest BCUT2D eigenvalue weighted by molar-refractivity contribution is 0.660. The van der Waals surface area contributed by atoms with Gasteiger partial charge in [0.2, 0.25) is 0 Å². The Kier molecular flexibility index (Phi) is 18.4. The zero-order valence-electron chi connectivity index (χ0n) is 82.1. The topological polar surface area (TPSA) is 16.3 Å². The first kappa shape index (κ1) is 84.5. The molecule has 0 bridgehead atoms. The van der Waals surface area contributed by atoms with Crippen molar-refractivity contribution in [2.75, 3.05) is 9.80 Å². The van der Waals surface area contributed by atoms with Crippen LogP contribution in [0.15, 0.2) is 534 Å². The van der Waals surface area contributed by atoms with E-state index in [9.17, 15) is 0 Å². The lowest BCUT2D eigenvalue weighted by Gasteiger charge is -2.39. The van der Waals surface area contributed by atoms with Gasteiger partial charge < -0.3 is 18.9 Å². The van der Waals surface area contributed by atoms with Crippen LogP contribution >= 0.6 is 0 Å². The molecule has 149 heavy (non-hydrogen) atoms. The van der Waals surface area contributed by atoms with Gasteiger partial charge in [-0.25, -0.2) is 0 Å². The van der Waals surface area contributed by atoms with Crippen molar-refractivity contribution >= 4 is 99.3 Å². The Labute approximate surface area is 865 Å². The highest BCUT2D eigenvalue weighted by molar-refractivity contribution is 6.17. The van der Waals surface area contributed by atoms with E-state index in [4.69, 9.17) is 0 Å². The molecule has 2 atom stereocenters. The van der Waals surface area contributed by atoms with Gasteiger partial charge in [-0.3, -0.25) is 0 Å². The average molecular weight is 1890 g/mol. The molecule has 2 aliphatic heterocycles. The molecule has 0 N–H and O–H groups in total. The summed E-state index contributed by atoms with van der Waals surface area (Å²) in [4.78, 5) is 5.06. The largest absolute Gasteiger partial charge is 0.309 e. The van der Waals surface area contributed by atoms with Crippen molar-refractivity contribution in [3.8, 4) is 134 Å². The maximum atomic E-state index is 2.60. The van der Waals surface area contributed by atoms with Crippen LogP contribution in [0.4, 0.5) is 34.1 Å². The number of nitrogens with zero attached hydrogens (tertiary/aromatic N) is 4. The minimum atomic E-state index is -0.687. The predicted molar refractivity (Wildman–Crippen MR) is 622 cm³/mol. The van der Waals surface area contributed by atoms with Crippen molar-refractivity contribution in [1.82, 2.24) is 9.13 Å². The second-order valence-electron chi connectivity index (χ2n) is 41.4. The molecule has 3 aliphatic carbocycles. The van der Waals surface area contributed by atoms with Crippen molar-refractivity contribution in [2.24, 2.45) is 0 Å². The fourth-order valence-corrected chi connectivity index (χ4v) is 27.2. The van der Waals surface area contributed by atoms with Gasteiger partial charge in [0, 0.05) is 60.2 Å². The summed E-state index contributed by atoms with van der Waals surface area (Å²) in [5, 5.41) is 9.67. The normalized spacial score (nSPS) is 14.8. The molecule has 26 aromatic rings. The first-order valence-electron chi connectivity index (χ1n) is 52.1. The van der Waals surface area contributed by atoms with Gasteiger partial charge in [-0.05, 0) is 275 Å². The number of benzene rings is 24. The van der Waals surface area contributed by atoms with E-state index >= 15 is 0 Å². The maximum Gasteiger partial charge on any atom is 0.0754 e. The van der Waals surface area contributed by atoms with Crippen LogP contribution in [-0.4, -0.2) is 9.13 Å². The first-order chi connectivity index (χ1) is 73.7. The molecule has 5 aliphatic rings. The molecule has 0 fully saturated rings. The maximum absolute atomic E-state index is 2.60. The average Bonchev–Trinajstić information content (AvgIpc) is 1.51. The van der Waals surface area contributed by atoms with Crippen molar-refractivity contribution < 1.29 is 0 Å². The smallest absolute Gasteiger partial charge is 0.0754 e. The zero-order chi connectivity index (χ0) is 98.1. The van der Waals surface area contributed by atoms with Crippen LogP contribution in [0.1, 0.15) is 69.5 Å². The van der Waals surface area contributed by atoms with Crippen molar-refractivity contribution in [3.63, 3.8) is 0 Å². The SMILES string of the molecule is CC1(C)c2cc(-c3ccc4c(c3)c3cccc5c3n4-c3ccccc3C53c4ccccc4-c4ccc(-c5ccc(N(c6cccc(-c7ccccc7)c6)c6ccccc6-c6ccc(-c7ccccc7)cc6)c6ccccc56)cc43)ccc2-c2ccc(N(c3ccccc3-c3ccc(-c4ccccc4)cc3)c3ccc(-c4ccc5c(c4)C4(c6ccccc6-5)c5ccccc5-n5c6ccccc6c6cccc4c65)c4ccccc34)cc21. The molecule has 24 aromatic carbocycles. The summed E-state index contributed by atoms with van der Waals surface area (Å²) >= 11 is 0. The molecule has 4 heterocycles. The van der Waals surface area contributed by atoms with E-state index in [1.54, 1.807) is 0 Å². The van der Waals surface area contributed by atoms with E-state index in [1.165, 1.54) is 216 Å². The van der Waals surface area contributed by atoms with Crippen LogP contribution in [0.5, 0.6) is 0 Å². The Balaban J connectivity index is 0.519. The predicted octanol–water partition coefficient (Wildman–Crippen LogP) is 38.1. The molecule has 4 heteroatoms. The highest BCUT2D eigenvalue weighted by atomic mass is 15.2. The molecule has 0 saturated heterocycles. The summed E-state index contributed by atoms with van der Waals surface area (Å²) in [6.07, 6.45) is 0. The number of fused-ring (bicyclic) bond motifs is 29. The van der Waals surface area contributed by atoms with Gasteiger partial charge in [-0.2, -0.15) is 0 Å². The van der Waals surface area contributed by atoms with E-state index in [1.807, 2.05) is 0 Å². The summed E-state index contributed by atoms with van der Waals surface area (Å²) in [6.45, 7) is 4.90. The monoisotopic (exact) mass is 1890 g/mol. The van der Waals surface area contributed by atoms with E-state index in [2.05, 4.69) is 567 Å². The van der Waals surface area contributed by atoms with Crippen LogP contribution in [0.2, 0.25) is 0 Å². The second kappa shape index (κ2) is 32.5. The van der Waals surface area contributed by atoms with E-state index in [0.29, 0.717) is 0 Å². The lowest BCUT2D eigenvalue weighted by Crippen LogP contribution is -2.33. The van der Waals surface area contributed by atoms with E-state index in [0.717, 1.165) is 72.7 Å². The quantitative estimate of drug-likeness (QED) is 0.108. The van der Waals surface area contributed by atoms with Crippen LogP contribution in [0.3, 0.4) is 0 Å². The molecule has 0 amide bonds.